The highest BCUT2D eigenvalue weighted by atomic mass is 32.1. The summed E-state index contributed by atoms with van der Waals surface area (Å²) in [6.07, 6.45) is 0.781. The number of rotatable bonds is 2. The molecule has 0 N–H and O–H groups in total. The van der Waals surface area contributed by atoms with Gasteiger partial charge in [0.2, 0.25) is 0 Å². The summed E-state index contributed by atoms with van der Waals surface area (Å²) < 4.78 is 39.6. The number of thiazole rings is 1. The molecule has 0 atom stereocenters. The summed E-state index contributed by atoms with van der Waals surface area (Å²) in [5, 5.41) is 0.0409. The van der Waals surface area contributed by atoms with Gasteiger partial charge in [-0.15, -0.1) is 11.3 Å². The van der Waals surface area contributed by atoms with Crippen LogP contribution in [0.3, 0.4) is 0 Å². The number of ether oxygens (including phenoxy) is 1. The monoisotopic (exact) mass is 182 g/mol. The Balaban J connectivity index is 2.89. The van der Waals surface area contributed by atoms with E-state index in [0.29, 0.717) is 11.3 Å². The molecule has 1 heterocycles. The van der Waals surface area contributed by atoms with Crippen LogP contribution in [0, 0.1) is 0 Å². The summed E-state index contributed by atoms with van der Waals surface area (Å²) >= 11 is 0.509. The van der Waals surface area contributed by atoms with Crippen LogP contribution >= 0.6 is 11.3 Å². The van der Waals surface area contributed by atoms with Gasteiger partial charge in [-0.25, -0.2) is 4.98 Å². The minimum absolute atomic E-state index is 0.0409. The summed E-state index contributed by atoms with van der Waals surface area (Å²) in [6, 6.07) is 0. The Labute approximate surface area is 65.1 Å². The van der Waals surface area contributed by atoms with Crippen LogP contribution in [0.4, 0.5) is 12.9 Å². The van der Waals surface area contributed by atoms with Crippen LogP contribution in [0.15, 0.2) is 6.20 Å². The first-order valence-corrected chi connectivity index (χ1v) is 3.55. The van der Waals surface area contributed by atoms with E-state index in [-0.39, 0.29) is 5.19 Å². The van der Waals surface area contributed by atoms with Crippen molar-refractivity contribution in [3.8, 4) is 5.19 Å². The van der Waals surface area contributed by atoms with Crippen LogP contribution in [0.2, 0.25) is 0 Å². The summed E-state index contributed by atoms with van der Waals surface area (Å²) in [6.45, 7) is -4.91. The summed E-state index contributed by atoms with van der Waals surface area (Å²) in [5.41, 5.74) is 0. The molecular weight excluding hydrogens is 178 g/mol. The maximum Gasteiger partial charge on any atom is 0.521 e. The molecule has 0 spiro atoms. The van der Waals surface area contributed by atoms with Crippen LogP contribution < -0.4 is 9.51 Å². The van der Waals surface area contributed by atoms with Crippen molar-refractivity contribution in [2.75, 3.05) is 7.11 Å². The van der Waals surface area contributed by atoms with E-state index >= 15 is 0 Å². The Morgan fingerprint density at radius 3 is 2.45 bits per heavy atom. The fraction of sp³-hybridized carbons (Fsp3) is 0.250. The number of methoxy groups -OCH3 is 1. The van der Waals surface area contributed by atoms with E-state index in [1.165, 1.54) is 7.11 Å². The number of nitrogens with zero attached hydrogens (tertiary/aromatic N) is 1. The Morgan fingerprint density at radius 1 is 1.55 bits per heavy atom. The fourth-order valence-corrected chi connectivity index (χ4v) is 1.14. The summed E-state index contributed by atoms with van der Waals surface area (Å²) in [5.74, 6) is 0. The molecule has 0 amide bonds. The van der Waals surface area contributed by atoms with Gasteiger partial charge in [-0.3, -0.25) is 0 Å². The van der Waals surface area contributed by atoms with Crippen molar-refractivity contribution in [1.82, 2.24) is 4.98 Å². The number of halogens is 3. The van der Waals surface area contributed by atoms with E-state index in [0.717, 1.165) is 6.20 Å². The highest BCUT2D eigenvalue weighted by molar-refractivity contribution is 7.24. The van der Waals surface area contributed by atoms with Gasteiger partial charge in [0.25, 0.3) is 5.19 Å². The standard InChI is InChI=1S/C4H4BF3NOS/c1-10-4-9-2-3(11-4)5(6,7)8/h2H,1H3/q-1. The Bertz CT molecular complexity index is 248. The molecule has 0 radical (unpaired) electrons. The van der Waals surface area contributed by atoms with Gasteiger partial charge in [0.1, 0.15) is 0 Å². The highest BCUT2D eigenvalue weighted by Crippen LogP contribution is 2.18. The molecule has 0 bridgehead atoms. The lowest BCUT2D eigenvalue weighted by Gasteiger charge is -2.08. The maximum atomic E-state index is 11.9. The Kier molecular flexibility index (Phi) is 2.08. The van der Waals surface area contributed by atoms with Gasteiger partial charge in [-0.2, -0.15) is 0 Å². The third-order valence-corrected chi connectivity index (χ3v) is 2.05. The molecule has 1 aromatic rings. The molecule has 11 heavy (non-hydrogen) atoms. The molecular formula is C4H4BF3NOS-. The molecule has 0 fully saturated rings. The second kappa shape index (κ2) is 2.73. The van der Waals surface area contributed by atoms with Gasteiger partial charge in [0.15, 0.2) is 0 Å². The molecule has 0 saturated heterocycles. The van der Waals surface area contributed by atoms with Crippen LogP contribution in [-0.4, -0.2) is 19.1 Å². The van der Waals surface area contributed by atoms with E-state index in [2.05, 4.69) is 9.72 Å². The Hall–Kier alpha value is -0.715. The molecule has 1 aromatic heterocycles. The highest BCUT2D eigenvalue weighted by Gasteiger charge is 2.28. The zero-order valence-electron chi connectivity index (χ0n) is 5.55. The molecule has 0 aromatic carbocycles. The lowest BCUT2D eigenvalue weighted by molar-refractivity contribution is 0.412. The van der Waals surface area contributed by atoms with Crippen molar-refractivity contribution in [2.24, 2.45) is 0 Å². The predicted octanol–water partition coefficient (Wildman–Crippen LogP) is 1.21. The number of hydrogen-bond donors (Lipinski definition) is 0. The van der Waals surface area contributed by atoms with Crippen molar-refractivity contribution in [3.05, 3.63) is 6.20 Å². The van der Waals surface area contributed by atoms with E-state index in [1.807, 2.05) is 0 Å². The summed E-state index contributed by atoms with van der Waals surface area (Å²) in [4.78, 5) is 3.39. The van der Waals surface area contributed by atoms with Crippen LogP contribution in [0.5, 0.6) is 5.19 Å². The number of aromatic nitrogens is 1. The van der Waals surface area contributed by atoms with Crippen molar-refractivity contribution in [1.29, 1.82) is 0 Å². The van der Waals surface area contributed by atoms with Gasteiger partial charge in [0, 0.05) is 6.20 Å². The first-order valence-electron chi connectivity index (χ1n) is 2.73. The van der Waals surface area contributed by atoms with Crippen molar-refractivity contribution in [2.45, 2.75) is 0 Å². The fourth-order valence-electron chi connectivity index (χ4n) is 0.516. The molecule has 0 unspecified atom stereocenters. The zero-order chi connectivity index (χ0) is 8.48. The lowest BCUT2D eigenvalue weighted by Crippen LogP contribution is -2.30. The minimum Gasteiger partial charge on any atom is -0.473 e. The SMILES string of the molecule is COc1ncc([B-](F)(F)F)s1. The van der Waals surface area contributed by atoms with Crippen LogP contribution in [0.1, 0.15) is 0 Å². The van der Waals surface area contributed by atoms with Crippen molar-refractivity contribution in [3.63, 3.8) is 0 Å². The van der Waals surface area contributed by atoms with E-state index in [4.69, 9.17) is 0 Å². The third kappa shape index (κ3) is 1.86. The molecule has 0 aliphatic heterocycles. The Morgan fingerprint density at radius 2 is 2.18 bits per heavy atom. The normalized spacial score (nSPS) is 11.6. The molecule has 62 valence electrons. The molecule has 0 aliphatic carbocycles. The van der Waals surface area contributed by atoms with E-state index in [9.17, 15) is 12.9 Å². The molecule has 0 aliphatic rings. The van der Waals surface area contributed by atoms with Gasteiger partial charge >= 0.3 is 6.98 Å². The molecule has 2 nitrogen and oxygen atoms in total. The second-order valence-corrected chi connectivity index (χ2v) is 2.83. The van der Waals surface area contributed by atoms with Gasteiger partial charge in [-0.05, 0) is 4.78 Å². The van der Waals surface area contributed by atoms with Gasteiger partial charge in [0.05, 0.1) is 7.11 Å². The van der Waals surface area contributed by atoms with E-state index < -0.39 is 11.8 Å². The smallest absolute Gasteiger partial charge is 0.473 e. The topological polar surface area (TPSA) is 22.1 Å². The quantitative estimate of drug-likeness (QED) is 0.641. The van der Waals surface area contributed by atoms with Gasteiger partial charge < -0.3 is 17.7 Å². The largest absolute Gasteiger partial charge is 0.521 e. The minimum atomic E-state index is -4.91. The molecule has 0 saturated carbocycles. The van der Waals surface area contributed by atoms with Crippen molar-refractivity contribution < 1.29 is 17.7 Å². The van der Waals surface area contributed by atoms with Crippen LogP contribution in [0.25, 0.3) is 0 Å². The maximum absolute atomic E-state index is 11.9. The van der Waals surface area contributed by atoms with Gasteiger partial charge in [-0.1, -0.05) is 0 Å². The average Bonchev–Trinajstić information content (AvgIpc) is 2.32. The first kappa shape index (κ1) is 8.38. The third-order valence-electron chi connectivity index (χ3n) is 1.000. The lowest BCUT2D eigenvalue weighted by atomic mass is 9.91. The van der Waals surface area contributed by atoms with Crippen LogP contribution in [-0.2, 0) is 0 Å². The second-order valence-electron chi connectivity index (χ2n) is 1.81. The van der Waals surface area contributed by atoms with Crippen molar-refractivity contribution >= 4 is 23.1 Å². The average molecular weight is 182 g/mol. The molecule has 7 heteroatoms. The number of hydrogen-bond acceptors (Lipinski definition) is 3. The summed E-state index contributed by atoms with van der Waals surface area (Å²) in [7, 11) is 1.28. The van der Waals surface area contributed by atoms with E-state index in [1.54, 1.807) is 0 Å². The zero-order valence-corrected chi connectivity index (χ0v) is 6.37. The first-order chi connectivity index (χ1) is 5.04. The molecule has 1 rings (SSSR count). The predicted molar refractivity (Wildman–Crippen MR) is 37.4 cm³/mol.